The lowest BCUT2D eigenvalue weighted by molar-refractivity contribution is 0.127. The number of benzene rings is 1. The molecule has 1 unspecified atom stereocenters. The maximum absolute atomic E-state index is 11.3. The highest BCUT2D eigenvalue weighted by Crippen LogP contribution is 2.25. The minimum Gasteiger partial charge on any atom is -0.357 e. The van der Waals surface area contributed by atoms with Crippen molar-refractivity contribution in [2.45, 2.75) is 32.7 Å². The Morgan fingerprint density at radius 3 is 2.37 bits per heavy atom. The number of hydrogen-bond acceptors (Lipinski definition) is 4. The molecule has 1 heterocycles. The lowest BCUT2D eigenvalue weighted by Gasteiger charge is -2.40. The van der Waals surface area contributed by atoms with E-state index in [9.17, 15) is 8.42 Å². The Bertz CT molecular complexity index is 683. The van der Waals surface area contributed by atoms with Crippen LogP contribution in [-0.4, -0.2) is 75.5 Å². The van der Waals surface area contributed by atoms with Crippen LogP contribution in [0.5, 0.6) is 0 Å². The van der Waals surface area contributed by atoms with Gasteiger partial charge in [-0.1, -0.05) is 37.3 Å². The first-order chi connectivity index (χ1) is 12.9. The molecule has 1 N–H and O–H groups in total. The molecule has 1 aromatic rings. The summed E-state index contributed by atoms with van der Waals surface area (Å²) in [6, 6.07) is 11.2. The highest BCUT2D eigenvalue weighted by atomic mass is 32.2. The lowest BCUT2D eigenvalue weighted by atomic mass is 10.0. The SMILES string of the molecule is CCNC(=NCCCS(C)(=O)=O)N1CCN(C(CC)c2ccccc2)CC1. The zero-order valence-corrected chi connectivity index (χ0v) is 17.7. The molecule has 1 saturated heterocycles. The molecule has 0 amide bonds. The normalized spacial score (nSPS) is 17.7. The van der Waals surface area contributed by atoms with E-state index >= 15 is 0 Å². The first kappa shape index (κ1) is 21.7. The van der Waals surface area contributed by atoms with E-state index in [2.05, 4.69) is 64.3 Å². The molecule has 1 aliphatic heterocycles. The Balaban J connectivity index is 1.92. The van der Waals surface area contributed by atoms with Crippen molar-refractivity contribution in [2.24, 2.45) is 4.99 Å². The maximum Gasteiger partial charge on any atom is 0.194 e. The predicted octanol–water partition coefficient (Wildman–Crippen LogP) is 2.16. The predicted molar refractivity (Wildman–Crippen MR) is 113 cm³/mol. The molecule has 2 rings (SSSR count). The molecule has 0 spiro atoms. The minimum atomic E-state index is -2.92. The van der Waals surface area contributed by atoms with E-state index in [-0.39, 0.29) is 5.75 Å². The van der Waals surface area contributed by atoms with E-state index in [0.717, 1.165) is 45.1 Å². The van der Waals surface area contributed by atoms with E-state index in [1.165, 1.54) is 11.8 Å². The third kappa shape index (κ3) is 7.14. The molecule has 1 fully saturated rings. The fourth-order valence-corrected chi connectivity index (χ4v) is 4.22. The molecule has 1 aliphatic rings. The third-order valence-electron chi connectivity index (χ3n) is 4.90. The molecule has 6 nitrogen and oxygen atoms in total. The summed E-state index contributed by atoms with van der Waals surface area (Å²) in [5.74, 6) is 1.09. The van der Waals surface area contributed by atoms with Crippen LogP contribution in [0, 0.1) is 0 Å². The van der Waals surface area contributed by atoms with E-state index in [4.69, 9.17) is 0 Å². The van der Waals surface area contributed by atoms with Crippen LogP contribution in [0.15, 0.2) is 35.3 Å². The second-order valence-electron chi connectivity index (χ2n) is 7.08. The van der Waals surface area contributed by atoms with Crippen molar-refractivity contribution < 1.29 is 8.42 Å². The van der Waals surface area contributed by atoms with Crippen molar-refractivity contribution >= 4 is 15.8 Å². The molecule has 0 bridgehead atoms. The maximum atomic E-state index is 11.3. The fourth-order valence-electron chi connectivity index (χ4n) is 3.56. The molecule has 152 valence electrons. The number of nitrogens with one attached hydrogen (secondary N) is 1. The summed E-state index contributed by atoms with van der Waals surface area (Å²) < 4.78 is 22.5. The Labute approximate surface area is 164 Å². The summed E-state index contributed by atoms with van der Waals surface area (Å²) in [6.07, 6.45) is 2.95. The Morgan fingerprint density at radius 2 is 1.81 bits per heavy atom. The Kier molecular flexibility index (Phi) is 8.57. The smallest absolute Gasteiger partial charge is 0.194 e. The van der Waals surface area contributed by atoms with Gasteiger partial charge in [-0.15, -0.1) is 0 Å². The molecule has 0 saturated carbocycles. The lowest BCUT2D eigenvalue weighted by Crippen LogP contribution is -2.53. The van der Waals surface area contributed by atoms with E-state index < -0.39 is 9.84 Å². The summed E-state index contributed by atoms with van der Waals surface area (Å²) in [6.45, 7) is 9.52. The quantitative estimate of drug-likeness (QED) is 0.416. The highest BCUT2D eigenvalue weighted by molar-refractivity contribution is 7.90. The molecule has 7 heteroatoms. The van der Waals surface area contributed by atoms with Gasteiger partial charge in [0.1, 0.15) is 9.84 Å². The van der Waals surface area contributed by atoms with Crippen molar-refractivity contribution in [2.75, 3.05) is 51.3 Å². The van der Waals surface area contributed by atoms with Gasteiger partial charge in [0.2, 0.25) is 0 Å². The summed E-state index contributed by atoms with van der Waals surface area (Å²) in [5, 5.41) is 3.35. The molecule has 27 heavy (non-hydrogen) atoms. The van der Waals surface area contributed by atoms with Crippen molar-refractivity contribution in [3.63, 3.8) is 0 Å². The average molecular weight is 395 g/mol. The summed E-state index contributed by atoms with van der Waals surface area (Å²) >= 11 is 0. The van der Waals surface area contributed by atoms with Crippen molar-refractivity contribution in [3.05, 3.63) is 35.9 Å². The van der Waals surface area contributed by atoms with Gasteiger partial charge in [0, 0.05) is 51.6 Å². The molecule has 1 aromatic carbocycles. The van der Waals surface area contributed by atoms with Crippen molar-refractivity contribution in [3.8, 4) is 0 Å². The van der Waals surface area contributed by atoms with E-state index in [1.807, 2.05) is 0 Å². The van der Waals surface area contributed by atoms with Gasteiger partial charge in [0.15, 0.2) is 5.96 Å². The molecule has 0 aliphatic carbocycles. The van der Waals surface area contributed by atoms with Crippen molar-refractivity contribution in [1.29, 1.82) is 0 Å². The van der Waals surface area contributed by atoms with Gasteiger partial charge in [0.25, 0.3) is 0 Å². The number of guanidine groups is 1. The number of nitrogens with zero attached hydrogens (tertiary/aromatic N) is 3. The zero-order chi connectivity index (χ0) is 19.7. The number of hydrogen-bond donors (Lipinski definition) is 1. The monoisotopic (exact) mass is 394 g/mol. The highest BCUT2D eigenvalue weighted by Gasteiger charge is 2.25. The van der Waals surface area contributed by atoms with Gasteiger partial charge >= 0.3 is 0 Å². The van der Waals surface area contributed by atoms with Crippen molar-refractivity contribution in [1.82, 2.24) is 15.1 Å². The Morgan fingerprint density at radius 1 is 1.15 bits per heavy atom. The standard InChI is InChI=1S/C20H34N4O2S/c1-4-19(18-10-7-6-8-11-18)23-13-15-24(16-14-23)20(21-5-2)22-12-9-17-27(3,25)26/h6-8,10-11,19H,4-5,9,12-17H2,1-3H3,(H,21,22). The summed E-state index contributed by atoms with van der Waals surface area (Å²) in [7, 11) is -2.92. The van der Waals surface area contributed by atoms with Crippen LogP contribution >= 0.6 is 0 Å². The summed E-state index contributed by atoms with van der Waals surface area (Å²) in [4.78, 5) is 9.48. The van der Waals surface area contributed by atoms with Crippen LogP contribution in [-0.2, 0) is 9.84 Å². The minimum absolute atomic E-state index is 0.193. The third-order valence-corrected chi connectivity index (χ3v) is 5.93. The van der Waals surface area contributed by atoms with Gasteiger partial charge in [0.05, 0.1) is 5.75 Å². The number of rotatable bonds is 8. The average Bonchev–Trinajstić information content (AvgIpc) is 2.66. The number of sulfone groups is 1. The molecular formula is C20H34N4O2S. The summed E-state index contributed by atoms with van der Waals surface area (Å²) in [5.41, 5.74) is 1.38. The molecule has 0 aromatic heterocycles. The van der Waals surface area contributed by atoms with Crippen LogP contribution in [0.25, 0.3) is 0 Å². The second-order valence-corrected chi connectivity index (χ2v) is 9.34. The van der Waals surface area contributed by atoms with E-state index in [1.54, 1.807) is 0 Å². The Hall–Kier alpha value is -1.60. The topological polar surface area (TPSA) is 65.0 Å². The first-order valence-electron chi connectivity index (χ1n) is 9.94. The second kappa shape index (κ2) is 10.7. The van der Waals surface area contributed by atoms with Gasteiger partial charge in [-0.3, -0.25) is 9.89 Å². The zero-order valence-electron chi connectivity index (χ0n) is 16.9. The molecule has 1 atom stereocenters. The number of aliphatic imine (C=N–C) groups is 1. The number of piperazine rings is 1. The molecule has 0 radical (unpaired) electrons. The van der Waals surface area contributed by atoms with Crippen LogP contribution in [0.2, 0.25) is 0 Å². The van der Waals surface area contributed by atoms with Gasteiger partial charge in [-0.2, -0.15) is 0 Å². The van der Waals surface area contributed by atoms with E-state index in [0.29, 0.717) is 19.0 Å². The van der Waals surface area contributed by atoms with Crippen LogP contribution in [0.4, 0.5) is 0 Å². The van der Waals surface area contributed by atoms with Crippen LogP contribution in [0.1, 0.15) is 38.3 Å². The largest absolute Gasteiger partial charge is 0.357 e. The van der Waals surface area contributed by atoms with Gasteiger partial charge < -0.3 is 10.2 Å². The van der Waals surface area contributed by atoms with Gasteiger partial charge in [-0.05, 0) is 25.3 Å². The van der Waals surface area contributed by atoms with Crippen LogP contribution < -0.4 is 5.32 Å². The molecular weight excluding hydrogens is 360 g/mol. The van der Waals surface area contributed by atoms with Crippen LogP contribution in [0.3, 0.4) is 0 Å². The van der Waals surface area contributed by atoms with Gasteiger partial charge in [-0.25, -0.2) is 8.42 Å². The first-order valence-corrected chi connectivity index (χ1v) is 12.0. The fraction of sp³-hybridized carbons (Fsp3) is 0.650.